The molecule has 0 fully saturated rings. The van der Waals surface area contributed by atoms with Crippen LogP contribution in [0.1, 0.15) is 28.1 Å². The van der Waals surface area contributed by atoms with E-state index in [1.807, 2.05) is 25.4 Å². The highest BCUT2D eigenvalue weighted by molar-refractivity contribution is 14.0. The van der Waals surface area contributed by atoms with Crippen LogP contribution < -0.4 is 15.4 Å². The van der Waals surface area contributed by atoms with Gasteiger partial charge in [0.15, 0.2) is 5.96 Å². The smallest absolute Gasteiger partial charge is 0.191 e. The third-order valence-electron chi connectivity index (χ3n) is 5.07. The Bertz CT molecular complexity index is 999. The van der Waals surface area contributed by atoms with Gasteiger partial charge in [-0.25, -0.2) is 4.98 Å². The van der Waals surface area contributed by atoms with Crippen molar-refractivity contribution in [1.29, 1.82) is 0 Å². The van der Waals surface area contributed by atoms with E-state index in [-0.39, 0.29) is 24.0 Å². The second-order valence-electron chi connectivity index (χ2n) is 7.34. The van der Waals surface area contributed by atoms with Crippen molar-refractivity contribution in [3.63, 3.8) is 0 Å². The molecule has 0 spiro atoms. The van der Waals surface area contributed by atoms with Gasteiger partial charge in [-0.05, 0) is 43.0 Å². The number of ether oxygens (including phenoxy) is 1. The SMILES string of the molecule is CN=C(NCCc1cc(C)ccc1OC)NCc1cccc(Cn2ccnc2C)c1.I. The molecule has 0 saturated heterocycles. The van der Waals surface area contributed by atoms with Crippen molar-refractivity contribution in [1.82, 2.24) is 20.2 Å². The molecule has 3 rings (SSSR count). The summed E-state index contributed by atoms with van der Waals surface area (Å²) in [7, 11) is 3.51. The normalized spacial score (nSPS) is 11.0. The molecule has 0 saturated carbocycles. The minimum absolute atomic E-state index is 0. The lowest BCUT2D eigenvalue weighted by Crippen LogP contribution is -2.37. The van der Waals surface area contributed by atoms with Gasteiger partial charge < -0.3 is 19.9 Å². The van der Waals surface area contributed by atoms with E-state index in [1.54, 1.807) is 14.2 Å². The second kappa shape index (κ2) is 12.3. The highest BCUT2D eigenvalue weighted by atomic mass is 127. The first-order valence-corrected chi connectivity index (χ1v) is 10.2. The number of imidazole rings is 1. The molecule has 0 aliphatic rings. The topological polar surface area (TPSA) is 63.5 Å². The number of aliphatic imine (C=N–C) groups is 1. The largest absolute Gasteiger partial charge is 0.496 e. The summed E-state index contributed by atoms with van der Waals surface area (Å²) in [5.74, 6) is 2.74. The zero-order valence-corrected chi connectivity index (χ0v) is 21.0. The number of halogens is 1. The summed E-state index contributed by atoms with van der Waals surface area (Å²) < 4.78 is 7.61. The monoisotopic (exact) mass is 533 g/mol. The van der Waals surface area contributed by atoms with Crippen LogP contribution in [0.4, 0.5) is 0 Å². The van der Waals surface area contributed by atoms with Gasteiger partial charge in [0, 0.05) is 39.1 Å². The molecule has 0 amide bonds. The van der Waals surface area contributed by atoms with Gasteiger partial charge in [0.1, 0.15) is 11.6 Å². The van der Waals surface area contributed by atoms with Crippen molar-refractivity contribution in [2.24, 2.45) is 4.99 Å². The van der Waals surface area contributed by atoms with Gasteiger partial charge in [0.2, 0.25) is 0 Å². The van der Waals surface area contributed by atoms with Crippen molar-refractivity contribution < 1.29 is 4.74 Å². The number of aromatic nitrogens is 2. The van der Waals surface area contributed by atoms with Gasteiger partial charge in [-0.15, -0.1) is 24.0 Å². The molecule has 0 aliphatic carbocycles. The van der Waals surface area contributed by atoms with Crippen LogP contribution >= 0.6 is 24.0 Å². The molecule has 0 unspecified atom stereocenters. The average molecular weight is 533 g/mol. The van der Waals surface area contributed by atoms with Gasteiger partial charge in [0.05, 0.1) is 7.11 Å². The van der Waals surface area contributed by atoms with E-state index in [2.05, 4.69) is 68.5 Å². The number of hydrogen-bond acceptors (Lipinski definition) is 3. The van der Waals surface area contributed by atoms with Crippen molar-refractivity contribution >= 4 is 29.9 Å². The van der Waals surface area contributed by atoms with Gasteiger partial charge >= 0.3 is 0 Å². The Morgan fingerprint density at radius 3 is 2.61 bits per heavy atom. The minimum Gasteiger partial charge on any atom is -0.496 e. The van der Waals surface area contributed by atoms with Crippen molar-refractivity contribution in [2.45, 2.75) is 33.4 Å². The predicted octanol–water partition coefficient (Wildman–Crippen LogP) is 4.08. The van der Waals surface area contributed by atoms with E-state index in [9.17, 15) is 0 Å². The fourth-order valence-corrected chi connectivity index (χ4v) is 3.43. The molecule has 0 aliphatic heterocycles. The summed E-state index contributed by atoms with van der Waals surface area (Å²) in [5.41, 5.74) is 4.90. The number of benzene rings is 2. The molecule has 0 radical (unpaired) electrons. The van der Waals surface area contributed by atoms with Crippen molar-refractivity contribution in [3.05, 3.63) is 82.9 Å². The summed E-state index contributed by atoms with van der Waals surface area (Å²) in [6.45, 7) is 6.43. The maximum atomic E-state index is 5.47. The summed E-state index contributed by atoms with van der Waals surface area (Å²) in [4.78, 5) is 8.63. The molecule has 1 aromatic heterocycles. The van der Waals surface area contributed by atoms with Gasteiger partial charge in [-0.3, -0.25) is 4.99 Å². The lowest BCUT2D eigenvalue weighted by Gasteiger charge is -2.14. The van der Waals surface area contributed by atoms with Crippen LogP contribution in [0.15, 0.2) is 59.9 Å². The molecular weight excluding hydrogens is 501 g/mol. The summed E-state index contributed by atoms with van der Waals surface area (Å²) in [5, 5.41) is 6.79. The molecule has 31 heavy (non-hydrogen) atoms. The molecule has 2 N–H and O–H groups in total. The molecule has 166 valence electrons. The summed E-state index contributed by atoms with van der Waals surface area (Å²) in [6, 6.07) is 14.8. The third kappa shape index (κ3) is 7.27. The van der Waals surface area contributed by atoms with E-state index >= 15 is 0 Å². The molecule has 2 aromatic carbocycles. The Morgan fingerprint density at radius 1 is 1.10 bits per heavy atom. The molecule has 7 heteroatoms. The Hall–Kier alpha value is -2.55. The standard InChI is InChI=1S/C24H31N5O.HI/c1-18-8-9-23(30-4)22(14-18)10-11-27-24(25-3)28-16-20-6-5-7-21(15-20)17-29-13-12-26-19(29)2;/h5-9,12-15H,10-11,16-17H2,1-4H3,(H2,25,27,28);1H. The quantitative estimate of drug-likeness (QED) is 0.260. The van der Waals surface area contributed by atoms with Crippen LogP contribution in [0.2, 0.25) is 0 Å². The van der Waals surface area contributed by atoms with Crippen LogP contribution in [0.3, 0.4) is 0 Å². The molecule has 0 atom stereocenters. The van der Waals surface area contributed by atoms with E-state index in [0.717, 1.165) is 37.0 Å². The number of nitrogens with zero attached hydrogens (tertiary/aromatic N) is 3. The van der Waals surface area contributed by atoms with E-state index in [4.69, 9.17) is 4.74 Å². The summed E-state index contributed by atoms with van der Waals surface area (Å²) >= 11 is 0. The van der Waals surface area contributed by atoms with Crippen LogP contribution in [-0.4, -0.2) is 36.2 Å². The maximum absolute atomic E-state index is 5.47. The first-order chi connectivity index (χ1) is 14.6. The fourth-order valence-electron chi connectivity index (χ4n) is 3.43. The predicted molar refractivity (Wildman–Crippen MR) is 138 cm³/mol. The number of aryl methyl sites for hydroxylation is 2. The Balaban J connectivity index is 0.00000341. The number of guanidine groups is 1. The van der Waals surface area contributed by atoms with E-state index < -0.39 is 0 Å². The number of rotatable bonds is 8. The van der Waals surface area contributed by atoms with Gasteiger partial charge in [-0.1, -0.05) is 42.0 Å². The lowest BCUT2D eigenvalue weighted by molar-refractivity contribution is 0.409. The second-order valence-corrected chi connectivity index (χ2v) is 7.34. The van der Waals surface area contributed by atoms with Crippen molar-refractivity contribution in [3.8, 4) is 5.75 Å². The zero-order valence-electron chi connectivity index (χ0n) is 18.7. The van der Waals surface area contributed by atoms with Crippen LogP contribution in [0.5, 0.6) is 5.75 Å². The molecule has 6 nitrogen and oxygen atoms in total. The molecule has 3 aromatic rings. The third-order valence-corrected chi connectivity index (χ3v) is 5.07. The zero-order chi connectivity index (χ0) is 21.3. The number of methoxy groups -OCH3 is 1. The van der Waals surface area contributed by atoms with E-state index in [1.165, 1.54) is 22.3 Å². The highest BCUT2D eigenvalue weighted by Gasteiger charge is 2.05. The summed E-state index contributed by atoms with van der Waals surface area (Å²) in [6.07, 6.45) is 4.71. The molecule has 0 bridgehead atoms. The molecule has 1 heterocycles. The Morgan fingerprint density at radius 2 is 1.90 bits per heavy atom. The molecular formula is C24H32IN5O. The Labute approximate surface area is 202 Å². The first kappa shape index (κ1) is 24.7. The number of hydrogen-bond donors (Lipinski definition) is 2. The van der Waals surface area contributed by atoms with Crippen molar-refractivity contribution in [2.75, 3.05) is 20.7 Å². The minimum atomic E-state index is 0. The van der Waals surface area contributed by atoms with Gasteiger partial charge in [0.25, 0.3) is 0 Å². The number of nitrogens with one attached hydrogen (secondary N) is 2. The Kier molecular flexibility index (Phi) is 9.84. The van der Waals surface area contributed by atoms with Crippen LogP contribution in [0.25, 0.3) is 0 Å². The van der Waals surface area contributed by atoms with E-state index in [0.29, 0.717) is 6.54 Å². The highest BCUT2D eigenvalue weighted by Crippen LogP contribution is 2.19. The van der Waals surface area contributed by atoms with Gasteiger partial charge in [-0.2, -0.15) is 0 Å². The van der Waals surface area contributed by atoms with Crippen LogP contribution in [0, 0.1) is 13.8 Å². The lowest BCUT2D eigenvalue weighted by atomic mass is 10.1. The van der Waals surface area contributed by atoms with Crippen LogP contribution in [-0.2, 0) is 19.5 Å². The maximum Gasteiger partial charge on any atom is 0.191 e. The average Bonchev–Trinajstić information content (AvgIpc) is 3.15. The first-order valence-electron chi connectivity index (χ1n) is 10.2. The fraction of sp³-hybridized carbons (Fsp3) is 0.333.